The van der Waals surface area contributed by atoms with Crippen molar-refractivity contribution < 1.29 is 11.3 Å². The number of furan rings is 1. The van der Waals surface area contributed by atoms with E-state index in [2.05, 4.69) is 243 Å². The molecule has 79 heavy (non-hydrogen) atoms. The Morgan fingerprint density at radius 3 is 1.66 bits per heavy atom. The third-order valence-electron chi connectivity index (χ3n) is 16.9. The highest BCUT2D eigenvalue weighted by atomic mass is 16.3. The van der Waals surface area contributed by atoms with E-state index in [4.69, 9.17) is 5.79 Å². The predicted octanol–water partition coefficient (Wildman–Crippen LogP) is 19.9. The molecule has 0 aliphatic carbocycles. The fraction of sp³-hybridized carbons (Fsp3) is 0.324. The van der Waals surface area contributed by atoms with E-state index >= 15 is 0 Å². The number of para-hydroxylation sites is 1. The molecule has 0 bridgehead atoms. The molecule has 4 nitrogen and oxygen atoms in total. The first kappa shape index (κ1) is 46.7. The SMILES string of the molecule is [2H]c1c([2H])c([2H])c(N(c2ccc(C(C)(C)C)cc2-c2ccccc2)c2ccc3c4c2c2cc(C(C)(C)C)ccc2n4B2c4oc5c(C(C)(C)C)cc(C(C)(C)C)cc5c4N(c4ccc(C(C)(C)C)cc4)c4cc(C(C)(C)C)cc-3c42)c([2H])c1[2H]. The van der Waals surface area contributed by atoms with Gasteiger partial charge in [0.2, 0.25) is 0 Å². The van der Waals surface area contributed by atoms with Crippen molar-refractivity contribution in [3.63, 3.8) is 0 Å². The number of fused-ring (bicyclic) bond motifs is 9. The van der Waals surface area contributed by atoms with E-state index in [1.54, 1.807) is 0 Å². The summed E-state index contributed by atoms with van der Waals surface area (Å²) in [6.45, 7) is 40.4. The molecule has 0 saturated heterocycles. The lowest BCUT2D eigenvalue weighted by Gasteiger charge is -2.40. The number of aromatic nitrogens is 1. The Morgan fingerprint density at radius 1 is 0.481 bits per heavy atom. The normalized spacial score (nSPS) is 14.8. The summed E-state index contributed by atoms with van der Waals surface area (Å²) in [4.78, 5) is 4.48. The van der Waals surface area contributed by atoms with Crippen LogP contribution in [0.2, 0.25) is 0 Å². The molecular formula is C74H80BN3O. The summed E-state index contributed by atoms with van der Waals surface area (Å²) < 4.78 is 57.6. The Labute approximate surface area is 478 Å². The van der Waals surface area contributed by atoms with Crippen molar-refractivity contribution in [2.75, 3.05) is 9.80 Å². The van der Waals surface area contributed by atoms with Crippen molar-refractivity contribution in [1.82, 2.24) is 4.48 Å². The average Bonchev–Trinajstić information content (AvgIpc) is 1.44. The summed E-state index contributed by atoms with van der Waals surface area (Å²) in [6, 6.07) is 45.0. The van der Waals surface area contributed by atoms with Crippen LogP contribution in [0.5, 0.6) is 0 Å². The van der Waals surface area contributed by atoms with Crippen LogP contribution in [0, 0.1) is 0 Å². The van der Waals surface area contributed by atoms with Crippen LogP contribution < -0.4 is 20.9 Å². The van der Waals surface area contributed by atoms with Gasteiger partial charge in [-0.15, -0.1) is 0 Å². The van der Waals surface area contributed by atoms with Gasteiger partial charge in [0.25, 0.3) is 0 Å². The van der Waals surface area contributed by atoms with E-state index in [0.29, 0.717) is 11.4 Å². The first-order valence-electron chi connectivity index (χ1n) is 31.0. The molecule has 4 heterocycles. The van der Waals surface area contributed by atoms with Crippen LogP contribution in [0.4, 0.5) is 34.1 Å². The smallest absolute Gasteiger partial charge is 0.375 e. The molecule has 2 aliphatic heterocycles. The Hall–Kier alpha value is -7.24. The molecule has 8 aromatic carbocycles. The van der Waals surface area contributed by atoms with Gasteiger partial charge in [-0.1, -0.05) is 216 Å². The zero-order valence-electron chi connectivity index (χ0n) is 55.0. The molecule has 0 unspecified atom stereocenters. The number of benzene rings is 8. The van der Waals surface area contributed by atoms with Gasteiger partial charge in [0.15, 0.2) is 0 Å². The Kier molecular flexibility index (Phi) is 10.4. The molecule has 0 saturated carbocycles. The van der Waals surface area contributed by atoms with Gasteiger partial charge >= 0.3 is 6.85 Å². The van der Waals surface area contributed by atoms with Gasteiger partial charge in [0, 0.05) is 60.9 Å². The maximum Gasteiger partial charge on any atom is 0.375 e. The second-order valence-electron chi connectivity index (χ2n) is 28.8. The van der Waals surface area contributed by atoms with Gasteiger partial charge in [0.1, 0.15) is 11.2 Å². The summed E-state index contributed by atoms with van der Waals surface area (Å²) in [7, 11) is 0. The summed E-state index contributed by atoms with van der Waals surface area (Å²) >= 11 is 0. The second kappa shape index (κ2) is 17.6. The minimum atomic E-state index is -0.467. The molecule has 12 rings (SSSR count). The highest BCUT2D eigenvalue weighted by molar-refractivity contribution is 6.89. The van der Waals surface area contributed by atoms with Gasteiger partial charge in [0.05, 0.1) is 23.9 Å². The van der Waals surface area contributed by atoms with E-state index in [0.717, 1.165) is 99.9 Å². The van der Waals surface area contributed by atoms with Crippen molar-refractivity contribution in [3.8, 4) is 22.3 Å². The van der Waals surface area contributed by atoms with Crippen LogP contribution in [-0.4, -0.2) is 11.3 Å². The van der Waals surface area contributed by atoms with E-state index in [9.17, 15) is 5.48 Å². The molecule has 0 atom stereocenters. The third-order valence-corrected chi connectivity index (χ3v) is 16.9. The summed E-state index contributed by atoms with van der Waals surface area (Å²) in [5, 5.41) is 2.97. The van der Waals surface area contributed by atoms with Crippen molar-refractivity contribution in [1.29, 1.82) is 0 Å². The molecule has 400 valence electrons. The van der Waals surface area contributed by atoms with Crippen LogP contribution in [0.15, 0.2) is 162 Å². The fourth-order valence-electron chi connectivity index (χ4n) is 12.3. The van der Waals surface area contributed by atoms with E-state index < -0.39 is 25.0 Å². The molecule has 5 heteroatoms. The zero-order chi connectivity index (χ0) is 60.6. The van der Waals surface area contributed by atoms with E-state index in [1.807, 2.05) is 23.1 Å². The van der Waals surface area contributed by atoms with Crippen LogP contribution in [-0.2, 0) is 32.5 Å². The monoisotopic (exact) mass is 1040 g/mol. The molecule has 0 amide bonds. The molecule has 0 N–H and O–H groups in total. The standard InChI is InChI=1S/C74H80BN3O/c1-69(2,3)46-29-33-52(34-30-46)77-62-44-50(73(13,14)15)41-55-53-35-38-61(76(51-27-23-20-24-28-51)59-36-31-47(70(4,5)6)39-54(59)45-25-21-19-22-26-45)63-56-40-48(71(7,8)9)32-37-60(56)78(65(53)63)75(64(55)62)68-66(77)57-42-49(72(10,11)12)43-58(67(57)79-68)74(16,17)18/h19-44H,1-18H3/i20D,23D,24D,27D,28D. The van der Waals surface area contributed by atoms with Gasteiger partial charge < -0.3 is 18.7 Å². The molecule has 0 spiro atoms. The quantitative estimate of drug-likeness (QED) is 0.161. The van der Waals surface area contributed by atoms with Crippen LogP contribution >= 0.6 is 0 Å². The number of hydrogen-bond acceptors (Lipinski definition) is 3. The first-order valence-corrected chi connectivity index (χ1v) is 28.5. The molecular weight excluding hydrogens is 958 g/mol. The lowest BCUT2D eigenvalue weighted by molar-refractivity contribution is 0.557. The lowest BCUT2D eigenvalue weighted by atomic mass is 9.47. The highest BCUT2D eigenvalue weighted by Gasteiger charge is 2.48. The summed E-state index contributed by atoms with van der Waals surface area (Å²) in [5.41, 5.74) is 19.3. The van der Waals surface area contributed by atoms with Crippen LogP contribution in [0.3, 0.4) is 0 Å². The van der Waals surface area contributed by atoms with Gasteiger partial charge in [-0.2, -0.15) is 0 Å². The van der Waals surface area contributed by atoms with E-state index in [-0.39, 0.29) is 50.3 Å². The first-order chi connectivity index (χ1) is 39.1. The predicted molar refractivity (Wildman–Crippen MR) is 342 cm³/mol. The van der Waals surface area contributed by atoms with Crippen LogP contribution in [0.1, 0.15) is 165 Å². The number of anilines is 6. The summed E-state index contributed by atoms with van der Waals surface area (Å²) in [6.07, 6.45) is 0. The van der Waals surface area contributed by atoms with Gasteiger partial charge in [-0.05, 0) is 144 Å². The second-order valence-corrected chi connectivity index (χ2v) is 28.8. The molecule has 0 radical (unpaired) electrons. The lowest BCUT2D eigenvalue weighted by Crippen LogP contribution is -2.56. The zero-order valence-corrected chi connectivity index (χ0v) is 50.0. The topological polar surface area (TPSA) is 24.6 Å². The number of rotatable bonds is 5. The van der Waals surface area contributed by atoms with Crippen molar-refractivity contribution in [3.05, 3.63) is 191 Å². The Morgan fingerprint density at radius 2 is 1.04 bits per heavy atom. The minimum absolute atomic E-state index is 0.0546. The van der Waals surface area contributed by atoms with E-state index in [1.165, 1.54) is 16.7 Å². The Bertz CT molecular complexity index is 4350. The molecule has 2 aliphatic rings. The van der Waals surface area contributed by atoms with Crippen molar-refractivity contribution in [2.24, 2.45) is 0 Å². The van der Waals surface area contributed by atoms with Gasteiger partial charge in [-0.25, -0.2) is 0 Å². The maximum atomic E-state index is 9.88. The fourth-order valence-corrected chi connectivity index (χ4v) is 12.3. The van der Waals surface area contributed by atoms with Crippen LogP contribution in [0.25, 0.3) is 55.0 Å². The highest BCUT2D eigenvalue weighted by Crippen LogP contribution is 2.54. The number of nitrogens with zero attached hydrogens (tertiary/aromatic N) is 3. The molecule has 2 aromatic heterocycles. The molecule has 0 fully saturated rings. The summed E-state index contributed by atoms with van der Waals surface area (Å²) in [5.74, 6) is 0. The van der Waals surface area contributed by atoms with Crippen molar-refractivity contribution in [2.45, 2.75) is 157 Å². The largest absolute Gasteiger partial charge is 0.466 e. The Balaban J connectivity index is 1.30. The van der Waals surface area contributed by atoms with Crippen molar-refractivity contribution >= 4 is 84.9 Å². The van der Waals surface area contributed by atoms with Gasteiger partial charge in [-0.3, -0.25) is 0 Å². The maximum absolute atomic E-state index is 9.88. The third kappa shape index (κ3) is 8.56. The minimum Gasteiger partial charge on any atom is -0.466 e. The number of hydrogen-bond donors (Lipinski definition) is 0. The molecule has 10 aromatic rings. The average molecular weight is 1040 g/mol.